The molecular formula is C15H18N2O4. The molecular weight excluding hydrogens is 272 g/mol. The first kappa shape index (κ1) is 15.0. The Hall–Kier alpha value is -2.37. The molecule has 112 valence electrons. The van der Waals surface area contributed by atoms with Crippen molar-refractivity contribution in [1.29, 1.82) is 0 Å². The zero-order valence-corrected chi connectivity index (χ0v) is 11.8. The van der Waals surface area contributed by atoms with E-state index in [1.807, 2.05) is 19.1 Å². The van der Waals surface area contributed by atoms with Crippen LogP contribution in [-0.4, -0.2) is 35.5 Å². The first-order valence-electron chi connectivity index (χ1n) is 6.86. The average molecular weight is 290 g/mol. The lowest BCUT2D eigenvalue weighted by atomic mass is 10.1. The Morgan fingerprint density at radius 3 is 2.52 bits per heavy atom. The Balaban J connectivity index is 2.18. The standard InChI is InChI=1S/C15H18N2O4/c1-10-2-4-11(5-3-10)17(9-8-14(19)20)15(21)12-6-7-13(18)16-12/h2-5,12H,6-9H2,1H3,(H,16,18)(H,19,20). The molecule has 2 rings (SSSR count). The molecule has 1 unspecified atom stereocenters. The number of carbonyl (C=O) groups excluding carboxylic acids is 2. The minimum atomic E-state index is -0.963. The van der Waals surface area contributed by atoms with Gasteiger partial charge in [0.2, 0.25) is 11.8 Å². The van der Waals surface area contributed by atoms with Crippen molar-refractivity contribution in [1.82, 2.24) is 5.32 Å². The van der Waals surface area contributed by atoms with Crippen molar-refractivity contribution in [2.75, 3.05) is 11.4 Å². The van der Waals surface area contributed by atoms with Crippen molar-refractivity contribution in [2.45, 2.75) is 32.2 Å². The third-order valence-corrected chi connectivity index (χ3v) is 3.45. The minimum Gasteiger partial charge on any atom is -0.481 e. The molecule has 1 fully saturated rings. The van der Waals surface area contributed by atoms with Gasteiger partial charge in [0, 0.05) is 18.7 Å². The summed E-state index contributed by atoms with van der Waals surface area (Å²) in [6, 6.07) is 6.73. The highest BCUT2D eigenvalue weighted by Crippen LogP contribution is 2.19. The number of nitrogens with zero attached hydrogens (tertiary/aromatic N) is 1. The van der Waals surface area contributed by atoms with Gasteiger partial charge in [-0.15, -0.1) is 0 Å². The zero-order valence-electron chi connectivity index (χ0n) is 11.8. The van der Waals surface area contributed by atoms with Crippen LogP contribution in [0.15, 0.2) is 24.3 Å². The van der Waals surface area contributed by atoms with E-state index in [1.165, 1.54) is 4.90 Å². The number of hydrogen-bond donors (Lipinski definition) is 2. The van der Waals surface area contributed by atoms with Crippen LogP contribution in [0.2, 0.25) is 0 Å². The summed E-state index contributed by atoms with van der Waals surface area (Å²) in [5.41, 5.74) is 1.70. The highest BCUT2D eigenvalue weighted by atomic mass is 16.4. The maximum atomic E-state index is 12.5. The lowest BCUT2D eigenvalue weighted by Crippen LogP contribution is -2.45. The van der Waals surface area contributed by atoms with Gasteiger partial charge in [-0.3, -0.25) is 14.4 Å². The monoisotopic (exact) mass is 290 g/mol. The molecule has 1 aliphatic heterocycles. The molecule has 6 heteroatoms. The summed E-state index contributed by atoms with van der Waals surface area (Å²) in [5.74, 6) is -1.36. The predicted molar refractivity (Wildman–Crippen MR) is 76.9 cm³/mol. The molecule has 0 aliphatic carbocycles. The van der Waals surface area contributed by atoms with Crippen LogP contribution in [0.4, 0.5) is 5.69 Å². The first-order chi connectivity index (χ1) is 9.97. The fourth-order valence-electron chi connectivity index (χ4n) is 2.29. The zero-order chi connectivity index (χ0) is 15.4. The van der Waals surface area contributed by atoms with E-state index in [4.69, 9.17) is 5.11 Å². The quantitative estimate of drug-likeness (QED) is 0.849. The van der Waals surface area contributed by atoms with Gasteiger partial charge in [0.15, 0.2) is 0 Å². The largest absolute Gasteiger partial charge is 0.481 e. The minimum absolute atomic E-state index is 0.0869. The van der Waals surface area contributed by atoms with Crippen molar-refractivity contribution in [3.8, 4) is 0 Å². The number of anilines is 1. The number of carbonyl (C=O) groups is 3. The van der Waals surface area contributed by atoms with Crippen molar-refractivity contribution in [3.63, 3.8) is 0 Å². The van der Waals surface area contributed by atoms with Crippen LogP contribution in [0.5, 0.6) is 0 Å². The Labute approximate surface area is 122 Å². The first-order valence-corrected chi connectivity index (χ1v) is 6.86. The van der Waals surface area contributed by atoms with Gasteiger partial charge < -0.3 is 15.3 Å². The lowest BCUT2D eigenvalue weighted by molar-refractivity contribution is -0.136. The van der Waals surface area contributed by atoms with Gasteiger partial charge in [-0.2, -0.15) is 0 Å². The Morgan fingerprint density at radius 1 is 1.33 bits per heavy atom. The van der Waals surface area contributed by atoms with Gasteiger partial charge in [-0.05, 0) is 25.5 Å². The summed E-state index contributed by atoms with van der Waals surface area (Å²) >= 11 is 0. The lowest BCUT2D eigenvalue weighted by Gasteiger charge is -2.25. The molecule has 2 amide bonds. The maximum Gasteiger partial charge on any atom is 0.305 e. The molecule has 0 saturated carbocycles. The van der Waals surface area contributed by atoms with Gasteiger partial charge >= 0.3 is 5.97 Å². The van der Waals surface area contributed by atoms with Gasteiger partial charge in [0.1, 0.15) is 6.04 Å². The second-order valence-corrected chi connectivity index (χ2v) is 5.13. The smallest absolute Gasteiger partial charge is 0.305 e. The van der Waals surface area contributed by atoms with E-state index in [2.05, 4.69) is 5.32 Å². The number of nitrogens with one attached hydrogen (secondary N) is 1. The van der Waals surface area contributed by atoms with E-state index in [0.29, 0.717) is 18.5 Å². The van der Waals surface area contributed by atoms with Crippen LogP contribution < -0.4 is 10.2 Å². The summed E-state index contributed by atoms with van der Waals surface area (Å²) in [5, 5.41) is 11.5. The third kappa shape index (κ3) is 3.81. The van der Waals surface area contributed by atoms with Gasteiger partial charge in [-0.1, -0.05) is 17.7 Å². The summed E-state index contributed by atoms with van der Waals surface area (Å²) in [6.07, 6.45) is 0.643. The molecule has 1 aliphatic rings. The molecule has 6 nitrogen and oxygen atoms in total. The average Bonchev–Trinajstić information content (AvgIpc) is 2.87. The number of amides is 2. The molecule has 1 aromatic rings. The molecule has 1 heterocycles. The Morgan fingerprint density at radius 2 is 2.00 bits per heavy atom. The normalized spacial score (nSPS) is 17.4. The molecule has 0 aromatic heterocycles. The van der Waals surface area contributed by atoms with Crippen molar-refractivity contribution in [2.24, 2.45) is 0 Å². The topological polar surface area (TPSA) is 86.7 Å². The molecule has 21 heavy (non-hydrogen) atoms. The van der Waals surface area contributed by atoms with Crippen LogP contribution >= 0.6 is 0 Å². The van der Waals surface area contributed by atoms with Gasteiger partial charge in [0.25, 0.3) is 0 Å². The third-order valence-electron chi connectivity index (χ3n) is 3.45. The van der Waals surface area contributed by atoms with E-state index < -0.39 is 12.0 Å². The van der Waals surface area contributed by atoms with E-state index in [-0.39, 0.29) is 24.8 Å². The number of carboxylic acid groups (broad SMARTS) is 1. The number of carboxylic acids is 1. The van der Waals surface area contributed by atoms with Crippen LogP contribution in [0.25, 0.3) is 0 Å². The van der Waals surface area contributed by atoms with Crippen molar-refractivity contribution in [3.05, 3.63) is 29.8 Å². The number of benzene rings is 1. The highest BCUT2D eigenvalue weighted by Gasteiger charge is 2.31. The van der Waals surface area contributed by atoms with E-state index >= 15 is 0 Å². The summed E-state index contributed by atoms with van der Waals surface area (Å²) in [4.78, 5) is 36.0. The number of hydrogen-bond acceptors (Lipinski definition) is 3. The fourth-order valence-corrected chi connectivity index (χ4v) is 2.29. The SMILES string of the molecule is Cc1ccc(N(CCC(=O)O)C(=O)C2CCC(=O)N2)cc1. The summed E-state index contributed by atoms with van der Waals surface area (Å²) < 4.78 is 0. The van der Waals surface area contributed by atoms with Gasteiger partial charge in [-0.25, -0.2) is 0 Å². The second kappa shape index (κ2) is 6.39. The molecule has 0 bridgehead atoms. The van der Waals surface area contributed by atoms with Crippen molar-refractivity contribution >= 4 is 23.5 Å². The number of aliphatic carboxylic acids is 1. The molecule has 1 aromatic carbocycles. The molecule has 0 radical (unpaired) electrons. The molecule has 1 saturated heterocycles. The van der Waals surface area contributed by atoms with E-state index in [1.54, 1.807) is 12.1 Å². The Kier molecular flexibility index (Phi) is 4.57. The number of aryl methyl sites for hydroxylation is 1. The molecule has 0 spiro atoms. The molecule has 2 N–H and O–H groups in total. The maximum absolute atomic E-state index is 12.5. The van der Waals surface area contributed by atoms with E-state index in [9.17, 15) is 14.4 Å². The van der Waals surface area contributed by atoms with Crippen LogP contribution in [-0.2, 0) is 14.4 Å². The van der Waals surface area contributed by atoms with Crippen LogP contribution in [0.3, 0.4) is 0 Å². The van der Waals surface area contributed by atoms with E-state index in [0.717, 1.165) is 5.56 Å². The predicted octanol–water partition coefficient (Wildman–Crippen LogP) is 1.08. The summed E-state index contributed by atoms with van der Waals surface area (Å²) in [7, 11) is 0. The molecule has 1 atom stereocenters. The number of rotatable bonds is 5. The van der Waals surface area contributed by atoms with Crippen molar-refractivity contribution < 1.29 is 19.5 Å². The second-order valence-electron chi connectivity index (χ2n) is 5.13. The van der Waals surface area contributed by atoms with Crippen LogP contribution in [0, 0.1) is 6.92 Å². The Bertz CT molecular complexity index is 553. The van der Waals surface area contributed by atoms with Crippen LogP contribution in [0.1, 0.15) is 24.8 Å². The fraction of sp³-hybridized carbons (Fsp3) is 0.400. The highest BCUT2D eigenvalue weighted by molar-refractivity contribution is 6.01. The summed E-state index contributed by atoms with van der Waals surface area (Å²) in [6.45, 7) is 2.02. The van der Waals surface area contributed by atoms with Gasteiger partial charge in [0.05, 0.1) is 6.42 Å².